The lowest BCUT2D eigenvalue weighted by Gasteiger charge is -2.32. The minimum Gasteiger partial charge on any atom is -0.338 e. The van der Waals surface area contributed by atoms with Crippen molar-refractivity contribution in [1.29, 1.82) is 0 Å². The monoisotopic (exact) mass is 443 g/mol. The van der Waals surface area contributed by atoms with Crippen LogP contribution in [0, 0.1) is 20.8 Å². The largest absolute Gasteiger partial charge is 0.338 e. The van der Waals surface area contributed by atoms with E-state index in [1.54, 1.807) is 4.90 Å². The fourth-order valence-corrected chi connectivity index (χ4v) is 4.45. The zero-order chi connectivity index (χ0) is 23.5. The van der Waals surface area contributed by atoms with Gasteiger partial charge >= 0.3 is 0 Å². The summed E-state index contributed by atoms with van der Waals surface area (Å²) >= 11 is 0. The number of anilines is 1. The predicted octanol–water partition coefficient (Wildman–Crippen LogP) is 4.09. The van der Waals surface area contributed by atoms with Gasteiger partial charge in [-0.25, -0.2) is 9.97 Å². The van der Waals surface area contributed by atoms with Gasteiger partial charge in [0.25, 0.3) is 5.91 Å². The van der Waals surface area contributed by atoms with Gasteiger partial charge in [-0.2, -0.15) is 0 Å². The van der Waals surface area contributed by atoms with E-state index in [1.807, 2.05) is 31.4 Å². The molecule has 6 heteroatoms. The SMILES string of the molecule is Cc1cc(C)cc(CN(C)C(=O)c2nc(N3CCN(C)CC3)ncc2-c2ccccc2C)c1. The highest BCUT2D eigenvalue weighted by Gasteiger charge is 2.24. The quantitative estimate of drug-likeness (QED) is 0.594. The minimum absolute atomic E-state index is 0.0924. The Balaban J connectivity index is 1.70. The van der Waals surface area contributed by atoms with E-state index < -0.39 is 0 Å². The van der Waals surface area contributed by atoms with Crippen LogP contribution < -0.4 is 4.90 Å². The molecule has 1 aliphatic heterocycles. The first kappa shape index (κ1) is 22.9. The first-order chi connectivity index (χ1) is 15.8. The topological polar surface area (TPSA) is 52.6 Å². The Kier molecular flexibility index (Phi) is 6.75. The van der Waals surface area contributed by atoms with E-state index in [-0.39, 0.29) is 5.91 Å². The van der Waals surface area contributed by atoms with Crippen LogP contribution in [0.4, 0.5) is 5.95 Å². The van der Waals surface area contributed by atoms with E-state index in [4.69, 9.17) is 4.98 Å². The van der Waals surface area contributed by atoms with Crippen molar-refractivity contribution in [3.05, 3.63) is 76.6 Å². The normalized spacial score (nSPS) is 14.4. The Morgan fingerprint density at radius 2 is 1.64 bits per heavy atom. The van der Waals surface area contributed by atoms with Crippen molar-refractivity contribution in [1.82, 2.24) is 19.8 Å². The van der Waals surface area contributed by atoms with Crippen molar-refractivity contribution in [2.45, 2.75) is 27.3 Å². The van der Waals surface area contributed by atoms with Crippen molar-refractivity contribution in [2.75, 3.05) is 45.2 Å². The van der Waals surface area contributed by atoms with Crippen LogP contribution in [0.15, 0.2) is 48.7 Å². The van der Waals surface area contributed by atoms with E-state index in [0.717, 1.165) is 48.4 Å². The maximum Gasteiger partial charge on any atom is 0.273 e. The number of carbonyl (C=O) groups is 1. The van der Waals surface area contributed by atoms with Gasteiger partial charge in [-0.15, -0.1) is 0 Å². The van der Waals surface area contributed by atoms with Crippen LogP contribution >= 0.6 is 0 Å². The molecular formula is C27H33N5O. The zero-order valence-electron chi connectivity index (χ0n) is 20.3. The molecule has 33 heavy (non-hydrogen) atoms. The number of amides is 1. The number of aryl methyl sites for hydroxylation is 3. The van der Waals surface area contributed by atoms with Crippen molar-refractivity contribution in [3.8, 4) is 11.1 Å². The molecule has 0 N–H and O–H groups in total. The first-order valence-corrected chi connectivity index (χ1v) is 11.5. The minimum atomic E-state index is -0.0924. The molecule has 0 unspecified atom stereocenters. The molecule has 1 saturated heterocycles. The van der Waals surface area contributed by atoms with E-state index in [1.165, 1.54) is 11.1 Å². The lowest BCUT2D eigenvalue weighted by molar-refractivity contribution is 0.0780. The summed E-state index contributed by atoms with van der Waals surface area (Å²) in [5.74, 6) is 0.536. The Bertz CT molecular complexity index is 1130. The molecule has 6 nitrogen and oxygen atoms in total. The Morgan fingerprint density at radius 1 is 0.970 bits per heavy atom. The zero-order valence-corrected chi connectivity index (χ0v) is 20.3. The summed E-state index contributed by atoms with van der Waals surface area (Å²) in [4.78, 5) is 29.5. The molecule has 1 aliphatic rings. The Morgan fingerprint density at radius 3 is 2.30 bits per heavy atom. The average molecular weight is 444 g/mol. The van der Waals surface area contributed by atoms with Gasteiger partial charge in [-0.1, -0.05) is 53.6 Å². The smallest absolute Gasteiger partial charge is 0.273 e. The molecule has 0 atom stereocenters. The van der Waals surface area contributed by atoms with Gasteiger partial charge in [0.2, 0.25) is 5.95 Å². The highest BCUT2D eigenvalue weighted by Crippen LogP contribution is 2.28. The number of benzene rings is 2. The second kappa shape index (κ2) is 9.71. The Labute approximate surface area is 196 Å². The highest BCUT2D eigenvalue weighted by atomic mass is 16.2. The van der Waals surface area contributed by atoms with Crippen molar-refractivity contribution in [2.24, 2.45) is 0 Å². The predicted molar refractivity (Wildman–Crippen MR) is 134 cm³/mol. The molecule has 172 valence electrons. The lowest BCUT2D eigenvalue weighted by atomic mass is 10.00. The van der Waals surface area contributed by atoms with Crippen LogP contribution in [0.2, 0.25) is 0 Å². The number of nitrogens with zero attached hydrogens (tertiary/aromatic N) is 5. The summed E-state index contributed by atoms with van der Waals surface area (Å²) in [5, 5.41) is 0. The summed E-state index contributed by atoms with van der Waals surface area (Å²) in [7, 11) is 3.97. The van der Waals surface area contributed by atoms with Crippen LogP contribution in [0.25, 0.3) is 11.1 Å². The number of likely N-dealkylation sites (N-methyl/N-ethyl adjacent to an activating group) is 1. The van der Waals surface area contributed by atoms with E-state index in [2.05, 4.69) is 66.9 Å². The molecular weight excluding hydrogens is 410 g/mol. The molecule has 0 aliphatic carbocycles. The standard InChI is InChI=1S/C27H33N5O/c1-19-14-20(2)16-22(15-19)18-31(5)26(33)25-24(23-9-7-6-8-21(23)3)17-28-27(29-25)32-12-10-30(4)11-13-32/h6-9,14-17H,10-13,18H2,1-5H3. The third-order valence-corrected chi connectivity index (χ3v) is 6.25. The molecule has 0 spiro atoms. The van der Waals surface area contributed by atoms with Gasteiger partial charge in [0.05, 0.1) is 0 Å². The Hall–Kier alpha value is -3.25. The molecule has 4 rings (SSSR count). The molecule has 1 amide bonds. The maximum absolute atomic E-state index is 13.7. The summed E-state index contributed by atoms with van der Waals surface area (Å²) in [6, 6.07) is 14.5. The summed E-state index contributed by atoms with van der Waals surface area (Å²) in [6.45, 7) is 10.4. The van der Waals surface area contributed by atoms with Crippen LogP contribution in [0.5, 0.6) is 0 Å². The average Bonchev–Trinajstić information content (AvgIpc) is 2.78. The number of hydrogen-bond acceptors (Lipinski definition) is 5. The van der Waals surface area contributed by atoms with Gasteiger partial charge in [0.15, 0.2) is 0 Å². The number of hydrogen-bond donors (Lipinski definition) is 0. The molecule has 2 aromatic carbocycles. The van der Waals surface area contributed by atoms with Gasteiger partial charge in [-0.3, -0.25) is 4.79 Å². The van der Waals surface area contributed by atoms with E-state index in [9.17, 15) is 4.79 Å². The maximum atomic E-state index is 13.7. The molecule has 0 radical (unpaired) electrons. The summed E-state index contributed by atoms with van der Waals surface area (Å²) in [5.41, 5.74) is 6.85. The van der Waals surface area contributed by atoms with Gasteiger partial charge in [0, 0.05) is 51.5 Å². The number of aromatic nitrogens is 2. The lowest BCUT2D eigenvalue weighted by Crippen LogP contribution is -2.45. The van der Waals surface area contributed by atoms with Gasteiger partial charge < -0.3 is 14.7 Å². The first-order valence-electron chi connectivity index (χ1n) is 11.5. The van der Waals surface area contributed by atoms with Crippen molar-refractivity contribution >= 4 is 11.9 Å². The molecule has 3 aromatic rings. The number of piperazine rings is 1. The highest BCUT2D eigenvalue weighted by molar-refractivity contribution is 5.99. The molecule has 2 heterocycles. The van der Waals surface area contributed by atoms with Gasteiger partial charge in [0.1, 0.15) is 5.69 Å². The fraction of sp³-hybridized carbons (Fsp3) is 0.370. The third kappa shape index (κ3) is 5.22. The molecule has 1 aromatic heterocycles. The van der Waals surface area contributed by atoms with Crippen LogP contribution in [-0.2, 0) is 6.54 Å². The second-order valence-electron chi connectivity index (χ2n) is 9.19. The number of rotatable bonds is 5. The third-order valence-electron chi connectivity index (χ3n) is 6.25. The fourth-order valence-electron chi connectivity index (χ4n) is 4.45. The van der Waals surface area contributed by atoms with E-state index >= 15 is 0 Å². The van der Waals surface area contributed by atoms with Crippen molar-refractivity contribution in [3.63, 3.8) is 0 Å². The van der Waals surface area contributed by atoms with Gasteiger partial charge in [-0.05, 0) is 44.5 Å². The van der Waals surface area contributed by atoms with Crippen LogP contribution in [0.1, 0.15) is 32.7 Å². The summed E-state index contributed by atoms with van der Waals surface area (Å²) < 4.78 is 0. The second-order valence-corrected chi connectivity index (χ2v) is 9.19. The number of carbonyl (C=O) groups excluding carboxylic acids is 1. The molecule has 0 saturated carbocycles. The van der Waals surface area contributed by atoms with Crippen LogP contribution in [0.3, 0.4) is 0 Å². The van der Waals surface area contributed by atoms with E-state index in [0.29, 0.717) is 18.2 Å². The van der Waals surface area contributed by atoms with Crippen LogP contribution in [-0.4, -0.2) is 65.9 Å². The molecule has 0 bridgehead atoms. The van der Waals surface area contributed by atoms with Crippen molar-refractivity contribution < 1.29 is 4.79 Å². The molecule has 1 fully saturated rings. The summed E-state index contributed by atoms with van der Waals surface area (Å²) in [6.07, 6.45) is 1.82.